The van der Waals surface area contributed by atoms with Crippen molar-refractivity contribution in [2.45, 2.75) is 59.1 Å². The molecule has 246 valence electrons. The molecule has 0 saturated heterocycles. The predicted molar refractivity (Wildman–Crippen MR) is 207 cm³/mol. The van der Waals surface area contributed by atoms with E-state index in [-0.39, 0.29) is 22.3 Å². The molecule has 0 N–H and O–H groups in total. The van der Waals surface area contributed by atoms with Gasteiger partial charge in [0.05, 0.1) is 22.1 Å². The Kier molecular flexibility index (Phi) is 4.74. The standard InChI is InChI=1S/C46H41N3O/c1-28-20-22-30(42-35(45(3,4)5)24-25-36-43(42)50-41-19-13-8-14-34(41)46(36,6)7)26-32(28)33-27-31(23-21-29(33)2)48-39-17-11-12-18-40(39)49-38-16-10-9-15-37(38)47-44(48)49/h8-27H,1-7H3/i1D3,2D3,6D3. The van der Waals surface area contributed by atoms with E-state index in [1.54, 1.807) is 61.5 Å². The molecule has 8 aromatic rings. The zero-order chi connectivity index (χ0) is 42.0. The maximum absolute atomic E-state index is 8.83. The number of imidazole rings is 2. The first-order chi connectivity index (χ1) is 27.7. The molecule has 4 heteroatoms. The van der Waals surface area contributed by atoms with Crippen LogP contribution in [0.5, 0.6) is 11.5 Å². The minimum Gasteiger partial charge on any atom is -0.456 e. The van der Waals surface area contributed by atoms with Gasteiger partial charge in [0.1, 0.15) is 11.5 Å². The molecule has 0 bridgehead atoms. The topological polar surface area (TPSA) is 31.5 Å². The van der Waals surface area contributed by atoms with E-state index in [1.165, 1.54) is 6.07 Å². The van der Waals surface area contributed by atoms with Gasteiger partial charge in [0.2, 0.25) is 5.78 Å². The lowest BCUT2D eigenvalue weighted by molar-refractivity contribution is 0.417. The van der Waals surface area contributed by atoms with Crippen molar-refractivity contribution in [2.24, 2.45) is 0 Å². The van der Waals surface area contributed by atoms with Crippen LogP contribution in [-0.4, -0.2) is 14.0 Å². The van der Waals surface area contributed by atoms with E-state index in [1.807, 2.05) is 86.0 Å². The summed E-state index contributed by atoms with van der Waals surface area (Å²) in [6, 6.07) is 36.6. The predicted octanol–water partition coefficient (Wildman–Crippen LogP) is 12.1. The Morgan fingerprint density at radius 3 is 2.18 bits per heavy atom. The number of para-hydroxylation sites is 5. The summed E-state index contributed by atoms with van der Waals surface area (Å²) in [6.07, 6.45) is 0. The molecule has 0 fully saturated rings. The van der Waals surface area contributed by atoms with Crippen LogP contribution >= 0.6 is 0 Å². The molecular formula is C46H41N3O. The third-order valence-corrected chi connectivity index (χ3v) is 10.1. The van der Waals surface area contributed by atoms with Crippen LogP contribution in [0.1, 0.15) is 74.7 Å². The Morgan fingerprint density at radius 2 is 1.40 bits per heavy atom. The largest absolute Gasteiger partial charge is 0.456 e. The normalized spacial score (nSPS) is 19.2. The first kappa shape index (κ1) is 22.2. The molecule has 0 spiro atoms. The fraction of sp³-hybridized carbons (Fsp3) is 0.196. The van der Waals surface area contributed by atoms with Gasteiger partial charge < -0.3 is 4.74 Å². The van der Waals surface area contributed by atoms with Crippen LogP contribution in [0.2, 0.25) is 0 Å². The van der Waals surface area contributed by atoms with Gasteiger partial charge >= 0.3 is 0 Å². The molecule has 0 saturated carbocycles. The van der Waals surface area contributed by atoms with Gasteiger partial charge in [0.25, 0.3) is 0 Å². The summed E-state index contributed by atoms with van der Waals surface area (Å²) in [5.74, 6) is 1.39. The summed E-state index contributed by atoms with van der Waals surface area (Å²) in [6.45, 7) is 0.128. The Hall–Kier alpha value is -5.61. The van der Waals surface area contributed by atoms with Gasteiger partial charge in [-0.15, -0.1) is 0 Å². The number of aryl methyl sites for hydroxylation is 2. The van der Waals surface area contributed by atoms with Crippen LogP contribution in [0.25, 0.3) is 55.8 Å². The van der Waals surface area contributed by atoms with Crippen molar-refractivity contribution in [1.29, 1.82) is 0 Å². The monoisotopic (exact) mass is 660 g/mol. The fourth-order valence-corrected chi connectivity index (χ4v) is 7.64. The van der Waals surface area contributed by atoms with Crippen LogP contribution in [0.3, 0.4) is 0 Å². The van der Waals surface area contributed by atoms with Gasteiger partial charge in [-0.25, -0.2) is 4.98 Å². The van der Waals surface area contributed by atoms with E-state index in [0.717, 1.165) is 27.6 Å². The minimum absolute atomic E-state index is 0.0174. The van der Waals surface area contributed by atoms with Crippen LogP contribution in [-0.2, 0) is 10.8 Å². The number of hydrogen-bond acceptors (Lipinski definition) is 2. The Balaban J connectivity index is 1.36. The highest BCUT2D eigenvalue weighted by atomic mass is 16.5. The summed E-state index contributed by atoms with van der Waals surface area (Å²) >= 11 is 0. The summed E-state index contributed by atoms with van der Waals surface area (Å²) in [5, 5.41) is 0. The molecule has 1 aliphatic heterocycles. The molecule has 9 rings (SSSR count). The number of hydrogen-bond donors (Lipinski definition) is 0. The lowest BCUT2D eigenvalue weighted by atomic mass is 9.72. The molecule has 3 heterocycles. The van der Waals surface area contributed by atoms with Gasteiger partial charge in [-0.3, -0.25) is 8.97 Å². The van der Waals surface area contributed by atoms with Crippen molar-refractivity contribution in [2.75, 3.05) is 0 Å². The fourth-order valence-electron chi connectivity index (χ4n) is 7.64. The SMILES string of the molecule is [2H]C([2H])([2H])c1ccc(-c2c(C(C)(C)C)ccc3c2Oc2ccccc2C3(C)C([2H])([2H])[2H])cc1-c1cc(-n2c3ccccc3n3c4ccccc4nc23)ccc1C([2H])([2H])[2H]. The van der Waals surface area contributed by atoms with Crippen molar-refractivity contribution in [3.8, 4) is 39.4 Å². The quantitative estimate of drug-likeness (QED) is 0.189. The van der Waals surface area contributed by atoms with Gasteiger partial charge in [-0.05, 0) is 101 Å². The second kappa shape index (κ2) is 10.7. The molecule has 1 unspecified atom stereocenters. The smallest absolute Gasteiger partial charge is 0.220 e. The van der Waals surface area contributed by atoms with Gasteiger partial charge in [-0.1, -0.05) is 107 Å². The molecule has 4 nitrogen and oxygen atoms in total. The van der Waals surface area contributed by atoms with E-state index in [4.69, 9.17) is 22.1 Å². The summed E-state index contributed by atoms with van der Waals surface area (Å²) in [7, 11) is 0. The average molecular weight is 661 g/mol. The average Bonchev–Trinajstić information content (AvgIpc) is 3.70. The molecule has 0 aliphatic carbocycles. The molecule has 1 aliphatic rings. The molecule has 0 radical (unpaired) electrons. The van der Waals surface area contributed by atoms with Crippen molar-refractivity contribution in [1.82, 2.24) is 14.0 Å². The molecule has 6 aromatic carbocycles. The van der Waals surface area contributed by atoms with Crippen molar-refractivity contribution in [3.05, 3.63) is 149 Å². The number of rotatable bonds is 3. The van der Waals surface area contributed by atoms with Gasteiger partial charge in [0.15, 0.2) is 0 Å². The Morgan fingerprint density at radius 1 is 0.700 bits per heavy atom. The number of aromatic nitrogens is 3. The second-order valence-corrected chi connectivity index (χ2v) is 14.4. The van der Waals surface area contributed by atoms with E-state index < -0.39 is 31.4 Å². The van der Waals surface area contributed by atoms with Gasteiger partial charge in [0, 0.05) is 40.1 Å². The molecule has 1 atom stereocenters. The lowest BCUT2D eigenvalue weighted by Gasteiger charge is -2.37. The summed E-state index contributed by atoms with van der Waals surface area (Å²) in [4.78, 5) is 5.00. The second-order valence-electron chi connectivity index (χ2n) is 14.4. The zero-order valence-electron chi connectivity index (χ0n) is 37.3. The minimum atomic E-state index is -2.64. The van der Waals surface area contributed by atoms with Crippen molar-refractivity contribution >= 4 is 27.8 Å². The highest BCUT2D eigenvalue weighted by Gasteiger charge is 2.37. The maximum atomic E-state index is 8.83. The maximum Gasteiger partial charge on any atom is 0.220 e. The number of nitrogens with zero attached hydrogens (tertiary/aromatic N) is 3. The van der Waals surface area contributed by atoms with Crippen LogP contribution in [0, 0.1) is 13.7 Å². The van der Waals surface area contributed by atoms with E-state index in [9.17, 15) is 0 Å². The Bertz CT molecular complexity index is 3000. The van der Waals surface area contributed by atoms with E-state index in [2.05, 4.69) is 4.40 Å². The van der Waals surface area contributed by atoms with Gasteiger partial charge in [-0.2, -0.15) is 0 Å². The Labute approximate surface area is 306 Å². The van der Waals surface area contributed by atoms with E-state index in [0.29, 0.717) is 45.2 Å². The highest BCUT2D eigenvalue weighted by Crippen LogP contribution is 2.54. The van der Waals surface area contributed by atoms with Crippen molar-refractivity contribution < 1.29 is 17.1 Å². The third kappa shape index (κ3) is 4.41. The molecule has 2 aromatic heterocycles. The lowest BCUT2D eigenvalue weighted by Crippen LogP contribution is -2.26. The van der Waals surface area contributed by atoms with Crippen LogP contribution < -0.4 is 4.74 Å². The molecule has 50 heavy (non-hydrogen) atoms. The zero-order valence-corrected chi connectivity index (χ0v) is 28.3. The molecular weight excluding hydrogens is 611 g/mol. The number of ether oxygens (including phenoxy) is 1. The van der Waals surface area contributed by atoms with Crippen LogP contribution in [0.4, 0.5) is 0 Å². The third-order valence-electron chi connectivity index (χ3n) is 10.1. The first-order valence-corrected chi connectivity index (χ1v) is 16.8. The number of benzene rings is 6. The highest BCUT2D eigenvalue weighted by molar-refractivity contribution is 5.92. The first-order valence-electron chi connectivity index (χ1n) is 21.3. The number of fused-ring (bicyclic) bond motifs is 7. The van der Waals surface area contributed by atoms with Crippen molar-refractivity contribution in [3.63, 3.8) is 0 Å². The summed E-state index contributed by atoms with van der Waals surface area (Å²) in [5.41, 5.74) is 5.50. The van der Waals surface area contributed by atoms with Crippen LogP contribution in [0.15, 0.2) is 121 Å². The molecule has 0 amide bonds. The summed E-state index contributed by atoms with van der Waals surface area (Å²) < 4.78 is 89.5. The van der Waals surface area contributed by atoms with E-state index >= 15 is 0 Å².